The van der Waals surface area contributed by atoms with E-state index in [0.29, 0.717) is 30.1 Å². The predicted octanol–water partition coefficient (Wildman–Crippen LogP) is 1.33. The lowest BCUT2D eigenvalue weighted by Gasteiger charge is -2.23. The first kappa shape index (κ1) is 14.6. The summed E-state index contributed by atoms with van der Waals surface area (Å²) in [6, 6.07) is 4.87. The highest BCUT2D eigenvalue weighted by atomic mass is 16.7. The molecule has 0 bridgehead atoms. The SMILES string of the molecule is COc1cc(OCCC2OCCCO2)cc(C(N)=O)c1. The summed E-state index contributed by atoms with van der Waals surface area (Å²) in [6.07, 6.45) is 1.34. The molecule has 2 rings (SSSR count). The van der Waals surface area contributed by atoms with Gasteiger partial charge in [-0.2, -0.15) is 0 Å². The normalized spacial score (nSPS) is 15.8. The van der Waals surface area contributed by atoms with Crippen LogP contribution in [0.1, 0.15) is 23.2 Å². The third kappa shape index (κ3) is 4.11. The van der Waals surface area contributed by atoms with E-state index in [2.05, 4.69) is 0 Å². The van der Waals surface area contributed by atoms with Crippen molar-refractivity contribution in [2.24, 2.45) is 5.73 Å². The van der Waals surface area contributed by atoms with E-state index in [4.69, 9.17) is 24.7 Å². The zero-order valence-corrected chi connectivity index (χ0v) is 11.5. The second-order valence-corrected chi connectivity index (χ2v) is 4.42. The van der Waals surface area contributed by atoms with Gasteiger partial charge >= 0.3 is 0 Å². The van der Waals surface area contributed by atoms with Gasteiger partial charge in [0.1, 0.15) is 11.5 Å². The lowest BCUT2D eigenvalue weighted by atomic mass is 10.2. The molecule has 0 aromatic heterocycles. The molecule has 0 spiro atoms. The second kappa shape index (κ2) is 7.12. The van der Waals surface area contributed by atoms with Gasteiger partial charge in [-0.1, -0.05) is 0 Å². The van der Waals surface area contributed by atoms with Gasteiger partial charge in [-0.05, 0) is 18.6 Å². The largest absolute Gasteiger partial charge is 0.497 e. The van der Waals surface area contributed by atoms with Crippen molar-refractivity contribution < 1.29 is 23.7 Å². The predicted molar refractivity (Wildman–Crippen MR) is 71.9 cm³/mol. The van der Waals surface area contributed by atoms with E-state index < -0.39 is 5.91 Å². The Morgan fingerprint density at radius 2 is 2.00 bits per heavy atom. The lowest BCUT2D eigenvalue weighted by Crippen LogP contribution is -2.26. The molecule has 1 fully saturated rings. The van der Waals surface area contributed by atoms with Crippen LogP contribution in [0.15, 0.2) is 18.2 Å². The maximum atomic E-state index is 11.2. The topological polar surface area (TPSA) is 80.0 Å². The molecule has 1 aromatic rings. The first-order chi connectivity index (χ1) is 9.69. The second-order valence-electron chi connectivity index (χ2n) is 4.42. The van der Waals surface area contributed by atoms with Crippen LogP contribution in [0.5, 0.6) is 11.5 Å². The van der Waals surface area contributed by atoms with Gasteiger partial charge in [0, 0.05) is 18.1 Å². The molecular formula is C14H19NO5. The van der Waals surface area contributed by atoms with E-state index in [-0.39, 0.29) is 6.29 Å². The van der Waals surface area contributed by atoms with Crippen LogP contribution in [0.25, 0.3) is 0 Å². The van der Waals surface area contributed by atoms with Crippen molar-refractivity contribution in [3.8, 4) is 11.5 Å². The molecule has 0 aliphatic carbocycles. The van der Waals surface area contributed by atoms with Crippen LogP contribution < -0.4 is 15.2 Å². The van der Waals surface area contributed by atoms with Crippen molar-refractivity contribution in [3.63, 3.8) is 0 Å². The molecule has 1 saturated heterocycles. The number of hydrogen-bond acceptors (Lipinski definition) is 5. The summed E-state index contributed by atoms with van der Waals surface area (Å²) in [6.45, 7) is 1.86. The zero-order chi connectivity index (χ0) is 14.4. The molecule has 6 heteroatoms. The standard InChI is InChI=1S/C14H19NO5/c1-17-11-7-10(14(15)16)8-12(9-11)18-6-3-13-19-4-2-5-20-13/h7-9,13H,2-6H2,1H3,(H2,15,16). The molecule has 1 heterocycles. The minimum Gasteiger partial charge on any atom is -0.497 e. The number of carbonyl (C=O) groups is 1. The molecule has 2 N–H and O–H groups in total. The van der Waals surface area contributed by atoms with Gasteiger partial charge in [0.2, 0.25) is 5.91 Å². The van der Waals surface area contributed by atoms with Gasteiger partial charge < -0.3 is 24.7 Å². The molecule has 1 amide bonds. The minimum atomic E-state index is -0.521. The Morgan fingerprint density at radius 1 is 1.30 bits per heavy atom. The first-order valence-electron chi connectivity index (χ1n) is 6.54. The van der Waals surface area contributed by atoms with Crippen LogP contribution in [0.4, 0.5) is 0 Å². The van der Waals surface area contributed by atoms with Crippen molar-refractivity contribution in [1.29, 1.82) is 0 Å². The summed E-state index contributed by atoms with van der Waals surface area (Å²) in [5.41, 5.74) is 5.61. The maximum Gasteiger partial charge on any atom is 0.248 e. The van der Waals surface area contributed by atoms with E-state index in [1.54, 1.807) is 18.2 Å². The molecule has 110 valence electrons. The fraction of sp³-hybridized carbons (Fsp3) is 0.500. The Labute approximate surface area is 117 Å². The van der Waals surface area contributed by atoms with E-state index in [1.807, 2.05) is 0 Å². The number of primary amides is 1. The molecule has 0 radical (unpaired) electrons. The molecule has 1 aliphatic heterocycles. The molecule has 1 aliphatic rings. The summed E-state index contributed by atoms with van der Waals surface area (Å²) in [4.78, 5) is 11.2. The van der Waals surface area contributed by atoms with Gasteiger partial charge in [0.15, 0.2) is 6.29 Å². The van der Waals surface area contributed by atoms with Crippen LogP contribution in [0.3, 0.4) is 0 Å². The van der Waals surface area contributed by atoms with Crippen LogP contribution in [-0.2, 0) is 9.47 Å². The Bertz CT molecular complexity index is 457. The Balaban J connectivity index is 1.91. The fourth-order valence-electron chi connectivity index (χ4n) is 1.89. The smallest absolute Gasteiger partial charge is 0.248 e. The number of carbonyl (C=O) groups excluding carboxylic acids is 1. The van der Waals surface area contributed by atoms with Gasteiger partial charge in [-0.25, -0.2) is 0 Å². The van der Waals surface area contributed by atoms with Gasteiger partial charge in [0.25, 0.3) is 0 Å². The van der Waals surface area contributed by atoms with Crippen molar-refractivity contribution in [3.05, 3.63) is 23.8 Å². The third-order valence-corrected chi connectivity index (χ3v) is 2.92. The van der Waals surface area contributed by atoms with E-state index >= 15 is 0 Å². The number of amides is 1. The molecule has 1 aromatic carbocycles. The fourth-order valence-corrected chi connectivity index (χ4v) is 1.89. The zero-order valence-electron chi connectivity index (χ0n) is 11.5. The number of nitrogens with two attached hydrogens (primary N) is 1. The highest BCUT2D eigenvalue weighted by Crippen LogP contribution is 2.23. The number of methoxy groups -OCH3 is 1. The highest BCUT2D eigenvalue weighted by molar-refractivity contribution is 5.93. The number of hydrogen-bond donors (Lipinski definition) is 1. The lowest BCUT2D eigenvalue weighted by molar-refractivity contribution is -0.183. The summed E-state index contributed by atoms with van der Waals surface area (Å²) in [5.74, 6) is 0.545. The molecule has 0 saturated carbocycles. The summed E-state index contributed by atoms with van der Waals surface area (Å²) in [5, 5.41) is 0. The van der Waals surface area contributed by atoms with Crippen molar-refractivity contribution in [1.82, 2.24) is 0 Å². The molecule has 0 atom stereocenters. The number of ether oxygens (including phenoxy) is 4. The van der Waals surface area contributed by atoms with E-state index in [1.165, 1.54) is 7.11 Å². The monoisotopic (exact) mass is 281 g/mol. The van der Waals surface area contributed by atoms with Gasteiger partial charge in [0.05, 0.1) is 26.9 Å². The highest BCUT2D eigenvalue weighted by Gasteiger charge is 2.14. The summed E-state index contributed by atoms with van der Waals surface area (Å²) in [7, 11) is 1.52. The molecular weight excluding hydrogens is 262 g/mol. The third-order valence-electron chi connectivity index (χ3n) is 2.92. The van der Waals surface area contributed by atoms with E-state index in [0.717, 1.165) is 19.6 Å². The van der Waals surface area contributed by atoms with Crippen molar-refractivity contribution in [2.75, 3.05) is 26.9 Å². The van der Waals surface area contributed by atoms with Gasteiger partial charge in [-0.15, -0.1) is 0 Å². The molecule has 20 heavy (non-hydrogen) atoms. The maximum absolute atomic E-state index is 11.2. The molecule has 0 unspecified atom stereocenters. The Hall–Kier alpha value is -1.79. The number of benzene rings is 1. The van der Waals surface area contributed by atoms with Crippen LogP contribution in [-0.4, -0.2) is 39.1 Å². The average molecular weight is 281 g/mol. The quantitative estimate of drug-likeness (QED) is 0.850. The first-order valence-corrected chi connectivity index (χ1v) is 6.54. The van der Waals surface area contributed by atoms with Crippen molar-refractivity contribution >= 4 is 5.91 Å². The molecule has 6 nitrogen and oxygen atoms in total. The minimum absolute atomic E-state index is 0.218. The van der Waals surface area contributed by atoms with Crippen LogP contribution in [0, 0.1) is 0 Å². The van der Waals surface area contributed by atoms with Crippen LogP contribution in [0.2, 0.25) is 0 Å². The van der Waals surface area contributed by atoms with Gasteiger partial charge in [-0.3, -0.25) is 4.79 Å². The number of rotatable bonds is 6. The Morgan fingerprint density at radius 3 is 2.65 bits per heavy atom. The van der Waals surface area contributed by atoms with Crippen LogP contribution >= 0.6 is 0 Å². The summed E-state index contributed by atoms with van der Waals surface area (Å²) >= 11 is 0. The Kier molecular flexibility index (Phi) is 5.20. The van der Waals surface area contributed by atoms with E-state index in [9.17, 15) is 4.79 Å². The summed E-state index contributed by atoms with van der Waals surface area (Å²) < 4.78 is 21.5. The van der Waals surface area contributed by atoms with Crippen molar-refractivity contribution in [2.45, 2.75) is 19.1 Å². The average Bonchev–Trinajstić information content (AvgIpc) is 2.48.